The molecule has 0 fully saturated rings. The molecule has 308 valence electrons. The maximum Gasteiger partial charge on any atom is 0.0726 e. The summed E-state index contributed by atoms with van der Waals surface area (Å²) in [5.74, 6) is 0. The molecule has 0 bridgehead atoms. The molecule has 14 rings (SSSR count). The molecule has 0 N–H and O–H groups in total. The van der Waals surface area contributed by atoms with Crippen molar-refractivity contribution in [2.24, 2.45) is 0 Å². The Bertz CT molecular complexity index is 3790. The second-order valence-corrected chi connectivity index (χ2v) is 17.7. The Morgan fingerprint density at radius 3 is 1.55 bits per heavy atom. The molecule has 2 heterocycles. The van der Waals surface area contributed by atoms with Crippen molar-refractivity contribution in [1.82, 2.24) is 9.13 Å². The maximum absolute atomic E-state index is 2.46. The fraction of sp³-hybridized carbons (Fsp3) is 0.0159. The van der Waals surface area contributed by atoms with Gasteiger partial charge in [-0.3, -0.25) is 0 Å². The number of nitrogens with zero attached hydrogens (tertiary/aromatic N) is 3. The molecular weight excluding hydrogens is 799 g/mol. The summed E-state index contributed by atoms with van der Waals surface area (Å²) in [5.41, 5.74) is 21.8. The zero-order chi connectivity index (χ0) is 43.3. The molecule has 2 aliphatic rings. The SMILES string of the molecule is c1ccc(N(c2ccc(-c3ccc(-n4ccc5ccc6c(c7ccccc7n6-c6ccccc6)c54)cc3)cc2)c2ccc3c(c2)C2(c4ccccc4-c4ccccc42)c2ccccc2-3)cc1. The van der Waals surface area contributed by atoms with Gasteiger partial charge in [-0.1, -0.05) is 164 Å². The van der Waals surface area contributed by atoms with Crippen molar-refractivity contribution in [3.63, 3.8) is 0 Å². The Hall–Kier alpha value is -8.66. The molecule has 0 aliphatic heterocycles. The van der Waals surface area contributed by atoms with Crippen LogP contribution in [0.2, 0.25) is 0 Å². The quantitative estimate of drug-likeness (QED) is 0.163. The molecule has 2 aliphatic carbocycles. The van der Waals surface area contributed by atoms with E-state index in [1.165, 1.54) is 88.3 Å². The molecule has 10 aromatic carbocycles. The van der Waals surface area contributed by atoms with Crippen LogP contribution in [0.15, 0.2) is 249 Å². The largest absolute Gasteiger partial charge is 0.316 e. The third kappa shape index (κ3) is 5.14. The van der Waals surface area contributed by atoms with Gasteiger partial charge in [-0.15, -0.1) is 0 Å². The second-order valence-electron chi connectivity index (χ2n) is 17.7. The van der Waals surface area contributed by atoms with Gasteiger partial charge in [-0.05, 0) is 134 Å². The van der Waals surface area contributed by atoms with Gasteiger partial charge in [0.2, 0.25) is 0 Å². The molecule has 66 heavy (non-hydrogen) atoms. The lowest BCUT2D eigenvalue weighted by Crippen LogP contribution is -2.26. The summed E-state index contributed by atoms with van der Waals surface area (Å²) in [6.07, 6.45) is 2.21. The molecule has 0 saturated carbocycles. The average molecular weight is 840 g/mol. The summed E-state index contributed by atoms with van der Waals surface area (Å²) in [5, 5.41) is 3.74. The van der Waals surface area contributed by atoms with Gasteiger partial charge >= 0.3 is 0 Å². The zero-order valence-electron chi connectivity index (χ0n) is 36.0. The van der Waals surface area contributed by atoms with E-state index in [9.17, 15) is 0 Å². The predicted octanol–water partition coefficient (Wildman–Crippen LogP) is 16.2. The summed E-state index contributed by atoms with van der Waals surface area (Å²) < 4.78 is 4.74. The van der Waals surface area contributed by atoms with Gasteiger partial charge in [-0.2, -0.15) is 0 Å². The molecule has 0 radical (unpaired) electrons. The Kier molecular flexibility index (Phi) is 7.90. The number of hydrogen-bond donors (Lipinski definition) is 0. The standard InChI is InChI=1S/C63H41N3/c1-3-15-46(16-4-1)65(49-36-37-53-52-21-9-13-25-57(52)63(58(53)41-49)55-23-11-7-19-50(55)51-20-8-12-24-56(51)63)48-34-29-43(30-35-48)42-27-32-45(33-28-42)64-40-39-44-31-38-60-61(62(44)64)54-22-10-14-26-59(54)66(60)47-17-5-2-6-18-47/h1-41H. The number of anilines is 3. The average Bonchev–Trinajstić information content (AvgIpc) is 4.13. The highest BCUT2D eigenvalue weighted by molar-refractivity contribution is 6.20. The van der Waals surface area contributed by atoms with Crippen molar-refractivity contribution in [2.45, 2.75) is 5.41 Å². The lowest BCUT2D eigenvalue weighted by molar-refractivity contribution is 0.793. The number of hydrogen-bond acceptors (Lipinski definition) is 1. The first kappa shape index (κ1) is 36.8. The normalized spacial score (nSPS) is 13.0. The number of benzene rings is 10. The minimum atomic E-state index is -0.409. The number of para-hydroxylation sites is 3. The van der Waals surface area contributed by atoms with Crippen LogP contribution < -0.4 is 4.90 Å². The van der Waals surface area contributed by atoms with Gasteiger partial charge in [0.05, 0.1) is 22.0 Å². The van der Waals surface area contributed by atoms with Crippen LogP contribution in [0.3, 0.4) is 0 Å². The Morgan fingerprint density at radius 1 is 0.348 bits per heavy atom. The van der Waals surface area contributed by atoms with E-state index in [2.05, 4.69) is 263 Å². The number of aromatic nitrogens is 2. The van der Waals surface area contributed by atoms with E-state index < -0.39 is 5.41 Å². The fourth-order valence-electron chi connectivity index (χ4n) is 11.6. The van der Waals surface area contributed by atoms with Crippen molar-refractivity contribution >= 4 is 49.8 Å². The molecule has 0 unspecified atom stereocenters. The zero-order valence-corrected chi connectivity index (χ0v) is 36.0. The molecule has 12 aromatic rings. The van der Waals surface area contributed by atoms with Crippen LogP contribution >= 0.6 is 0 Å². The van der Waals surface area contributed by atoms with Gasteiger partial charge in [-0.25, -0.2) is 0 Å². The monoisotopic (exact) mass is 839 g/mol. The van der Waals surface area contributed by atoms with Crippen LogP contribution in [0.5, 0.6) is 0 Å². The van der Waals surface area contributed by atoms with Crippen LogP contribution in [0.1, 0.15) is 22.3 Å². The highest BCUT2D eigenvalue weighted by Gasteiger charge is 2.51. The highest BCUT2D eigenvalue weighted by atomic mass is 15.1. The highest BCUT2D eigenvalue weighted by Crippen LogP contribution is 2.63. The predicted molar refractivity (Wildman–Crippen MR) is 274 cm³/mol. The first-order chi connectivity index (χ1) is 32.8. The minimum Gasteiger partial charge on any atom is -0.316 e. The van der Waals surface area contributed by atoms with Gasteiger partial charge in [0.25, 0.3) is 0 Å². The fourth-order valence-corrected chi connectivity index (χ4v) is 11.6. The first-order valence-corrected chi connectivity index (χ1v) is 22.8. The van der Waals surface area contributed by atoms with Crippen molar-refractivity contribution in [1.29, 1.82) is 0 Å². The summed E-state index contributed by atoms with van der Waals surface area (Å²) >= 11 is 0. The van der Waals surface area contributed by atoms with E-state index in [4.69, 9.17) is 0 Å². The molecule has 2 aromatic heterocycles. The van der Waals surface area contributed by atoms with E-state index in [-0.39, 0.29) is 0 Å². The number of fused-ring (bicyclic) bond motifs is 15. The van der Waals surface area contributed by atoms with Gasteiger partial charge < -0.3 is 14.0 Å². The van der Waals surface area contributed by atoms with Crippen LogP contribution in [0.4, 0.5) is 17.1 Å². The lowest BCUT2D eigenvalue weighted by atomic mass is 9.70. The molecule has 3 heteroatoms. The lowest BCUT2D eigenvalue weighted by Gasteiger charge is -2.32. The van der Waals surface area contributed by atoms with Crippen molar-refractivity contribution in [3.8, 4) is 44.8 Å². The van der Waals surface area contributed by atoms with Gasteiger partial charge in [0.1, 0.15) is 0 Å². The molecule has 1 spiro atoms. The minimum absolute atomic E-state index is 0.409. The van der Waals surface area contributed by atoms with Gasteiger partial charge in [0, 0.05) is 50.8 Å². The van der Waals surface area contributed by atoms with Crippen LogP contribution in [-0.2, 0) is 5.41 Å². The van der Waals surface area contributed by atoms with E-state index in [0.717, 1.165) is 28.4 Å². The third-order valence-electron chi connectivity index (χ3n) is 14.4. The van der Waals surface area contributed by atoms with Crippen LogP contribution in [0.25, 0.3) is 77.5 Å². The van der Waals surface area contributed by atoms with Crippen LogP contribution in [0, 0.1) is 0 Å². The van der Waals surface area contributed by atoms with E-state index in [1.54, 1.807) is 0 Å². The van der Waals surface area contributed by atoms with E-state index in [1.807, 2.05) is 0 Å². The van der Waals surface area contributed by atoms with E-state index >= 15 is 0 Å². The Morgan fingerprint density at radius 2 is 0.879 bits per heavy atom. The molecule has 0 amide bonds. The van der Waals surface area contributed by atoms with Crippen molar-refractivity contribution in [3.05, 3.63) is 271 Å². The summed E-state index contributed by atoms with van der Waals surface area (Å²) in [7, 11) is 0. The van der Waals surface area contributed by atoms with Gasteiger partial charge in [0.15, 0.2) is 0 Å². The second kappa shape index (κ2) is 14.2. The summed E-state index contributed by atoms with van der Waals surface area (Å²) in [6.45, 7) is 0. The summed E-state index contributed by atoms with van der Waals surface area (Å²) in [4.78, 5) is 2.41. The van der Waals surface area contributed by atoms with E-state index in [0.29, 0.717) is 0 Å². The Labute approximate surface area is 383 Å². The molecule has 3 nitrogen and oxygen atoms in total. The molecular formula is C63H41N3. The smallest absolute Gasteiger partial charge is 0.0726 e. The molecule has 0 atom stereocenters. The maximum atomic E-state index is 2.46. The molecule has 0 saturated heterocycles. The van der Waals surface area contributed by atoms with Crippen molar-refractivity contribution in [2.75, 3.05) is 4.90 Å². The third-order valence-corrected chi connectivity index (χ3v) is 14.4. The van der Waals surface area contributed by atoms with Crippen molar-refractivity contribution < 1.29 is 0 Å². The van der Waals surface area contributed by atoms with Crippen LogP contribution in [-0.4, -0.2) is 9.13 Å². The number of rotatable bonds is 6. The topological polar surface area (TPSA) is 13.1 Å². The summed E-state index contributed by atoms with van der Waals surface area (Å²) in [6, 6.07) is 89.3. The first-order valence-electron chi connectivity index (χ1n) is 22.8. The Balaban J connectivity index is 0.853.